The van der Waals surface area contributed by atoms with E-state index < -0.39 is 5.41 Å². The van der Waals surface area contributed by atoms with Crippen molar-refractivity contribution in [3.63, 3.8) is 0 Å². The van der Waals surface area contributed by atoms with Gasteiger partial charge in [-0.2, -0.15) is 0 Å². The topological polar surface area (TPSA) is 25.8 Å². The number of benzene rings is 14. The predicted molar refractivity (Wildman–Crippen MR) is 353 cm³/mol. The number of rotatable bonds is 8. The van der Waals surface area contributed by atoms with E-state index >= 15 is 0 Å². The molecule has 0 spiro atoms. The van der Waals surface area contributed by atoms with Gasteiger partial charge in [0, 0.05) is 21.9 Å². The Bertz CT molecular complexity index is 5000. The fourth-order valence-electron chi connectivity index (χ4n) is 13.4. The first-order valence-electron chi connectivity index (χ1n) is 28.3. The molecule has 0 amide bonds. The molecule has 0 fully saturated rings. The van der Waals surface area contributed by atoms with E-state index in [0.717, 1.165) is 65.6 Å². The van der Waals surface area contributed by atoms with Crippen LogP contribution in [0.3, 0.4) is 0 Å². The molecule has 1 aliphatic carbocycles. The van der Waals surface area contributed by atoms with Crippen molar-refractivity contribution in [3.05, 3.63) is 313 Å². The van der Waals surface area contributed by atoms with E-state index in [1.807, 2.05) is 0 Å². The summed E-state index contributed by atoms with van der Waals surface area (Å²) in [7, 11) is 0. The lowest BCUT2D eigenvalue weighted by atomic mass is 9.67. The van der Waals surface area contributed by atoms with E-state index in [0.29, 0.717) is 0 Å². The lowest BCUT2D eigenvalue weighted by Crippen LogP contribution is -2.28. The van der Waals surface area contributed by atoms with Gasteiger partial charge in [0.25, 0.3) is 0 Å². The minimum absolute atomic E-state index is 0.492. The highest BCUT2D eigenvalue weighted by molar-refractivity contribution is 7.23. The van der Waals surface area contributed by atoms with Gasteiger partial charge in [0.15, 0.2) is 0 Å². The van der Waals surface area contributed by atoms with Crippen LogP contribution >= 0.6 is 22.7 Å². The van der Waals surface area contributed by atoms with Crippen LogP contribution in [0.15, 0.2) is 291 Å². The van der Waals surface area contributed by atoms with Crippen LogP contribution in [-0.2, 0) is 5.41 Å². The molecule has 4 heteroatoms. The van der Waals surface area contributed by atoms with E-state index in [1.165, 1.54) is 97.0 Å². The summed E-state index contributed by atoms with van der Waals surface area (Å²) in [6.45, 7) is 0. The number of hydrogen-bond acceptors (Lipinski definition) is 4. The molecule has 17 rings (SSSR count). The second-order valence-corrected chi connectivity index (χ2v) is 24.0. The first-order chi connectivity index (χ1) is 41.1. The van der Waals surface area contributed by atoms with Gasteiger partial charge in [-0.1, -0.05) is 237 Å². The molecular weight excluding hydrogens is 1040 g/mol. The normalized spacial score (nSPS) is 12.7. The highest BCUT2D eigenvalue weighted by Gasteiger charge is 2.46. The zero-order chi connectivity index (χ0) is 54.6. The lowest BCUT2D eigenvalue weighted by Gasteiger charge is -2.34. The van der Waals surface area contributed by atoms with Crippen LogP contribution in [0.2, 0.25) is 0 Å². The summed E-state index contributed by atoms with van der Waals surface area (Å²) in [6.07, 6.45) is 0. The molecule has 0 N–H and O–H groups in total. The first kappa shape index (κ1) is 47.7. The first-order valence-corrected chi connectivity index (χ1v) is 30.0. The van der Waals surface area contributed by atoms with E-state index in [4.69, 9.17) is 9.97 Å². The third-order valence-corrected chi connectivity index (χ3v) is 19.6. The molecule has 0 saturated carbocycles. The Hall–Kier alpha value is -10.1. The minimum Gasteiger partial charge on any atom is -0.236 e. The maximum absolute atomic E-state index is 5.19. The van der Waals surface area contributed by atoms with Gasteiger partial charge in [-0.25, -0.2) is 9.97 Å². The Morgan fingerprint density at radius 3 is 1.16 bits per heavy atom. The molecule has 2 aromatic heterocycles. The van der Waals surface area contributed by atoms with E-state index in [9.17, 15) is 0 Å². The second-order valence-electron chi connectivity index (χ2n) is 22.0. The minimum atomic E-state index is -0.492. The largest absolute Gasteiger partial charge is 0.236 e. The van der Waals surface area contributed by atoms with Gasteiger partial charge in [-0.05, 0) is 165 Å². The van der Waals surface area contributed by atoms with Crippen molar-refractivity contribution in [2.75, 3.05) is 0 Å². The average Bonchev–Trinajstić information content (AvgIpc) is 4.39. The summed E-state index contributed by atoms with van der Waals surface area (Å²) in [5.74, 6) is 0. The lowest BCUT2D eigenvalue weighted by molar-refractivity contribution is 0.769. The monoisotopic (exact) mass is 1090 g/mol. The smallest absolute Gasteiger partial charge is 0.124 e. The molecule has 386 valence electrons. The molecule has 0 aliphatic heterocycles. The summed E-state index contributed by atoms with van der Waals surface area (Å²) in [5, 5.41) is 11.9. The van der Waals surface area contributed by atoms with Crippen LogP contribution in [0, 0.1) is 0 Å². The van der Waals surface area contributed by atoms with Crippen molar-refractivity contribution in [1.29, 1.82) is 0 Å². The Morgan fingerprint density at radius 1 is 0.253 bits per heavy atom. The summed E-state index contributed by atoms with van der Waals surface area (Å²) in [4.78, 5) is 10.4. The summed E-state index contributed by atoms with van der Waals surface area (Å²) < 4.78 is 2.43. The van der Waals surface area contributed by atoms with Crippen LogP contribution in [0.25, 0.3) is 140 Å². The average molecular weight is 1090 g/mol. The SMILES string of the molecule is c1ccc(-c2nc3ccc4ccc5ccc(-c6cc(-c7cccc(-c8ccc9c(c8)C(c8ccccc8)(c8ccccc8)c8ccccc8-9)c7)cc(-c7ccc8ccc9ccc%10nc(-c%11ccccc%11)sc%10c9c8c7)c6)cc5c4c3s2)cc1. The Labute approximate surface area is 488 Å². The molecule has 0 bridgehead atoms. The molecule has 16 aromatic rings. The zero-order valence-electron chi connectivity index (χ0n) is 44.9. The summed E-state index contributed by atoms with van der Waals surface area (Å²) in [6, 6.07) is 108. The van der Waals surface area contributed by atoms with Gasteiger partial charge in [-0.3, -0.25) is 0 Å². The van der Waals surface area contributed by atoms with Crippen molar-refractivity contribution in [2.45, 2.75) is 5.41 Å². The van der Waals surface area contributed by atoms with Crippen molar-refractivity contribution in [2.24, 2.45) is 0 Å². The highest BCUT2D eigenvalue weighted by atomic mass is 32.1. The molecule has 83 heavy (non-hydrogen) atoms. The maximum Gasteiger partial charge on any atom is 0.124 e. The molecule has 1 aliphatic rings. The number of nitrogens with zero attached hydrogens (tertiary/aromatic N) is 2. The standard InChI is InChI=1S/C79H48N2S2/c1-5-16-53(17-6-1)77-80-71-40-37-51-32-28-49-30-34-57(46-67(49)73(51)75(71)82-77)61-43-60(44-62(45-61)58-35-31-50-29-33-52-38-41-72-76(74(52)68(50)47-58)83-78(81-72)54-18-7-2-8-19-54)56-21-15-20-55(42-56)59-36-39-66-65-26-13-14-27-69(65)79(70(66)48-59,63-22-9-3-10-23-63)64-24-11-4-12-25-64/h1-48H. The summed E-state index contributed by atoms with van der Waals surface area (Å²) >= 11 is 3.57. The van der Waals surface area contributed by atoms with Crippen molar-refractivity contribution < 1.29 is 0 Å². The fraction of sp³-hybridized carbons (Fsp3) is 0.0127. The van der Waals surface area contributed by atoms with Crippen LogP contribution in [0.5, 0.6) is 0 Å². The molecule has 0 unspecified atom stereocenters. The highest BCUT2D eigenvalue weighted by Crippen LogP contribution is 2.57. The van der Waals surface area contributed by atoms with Crippen molar-refractivity contribution in [3.8, 4) is 76.8 Å². The number of hydrogen-bond donors (Lipinski definition) is 0. The third kappa shape index (κ3) is 7.68. The third-order valence-electron chi connectivity index (χ3n) is 17.3. The van der Waals surface area contributed by atoms with Crippen molar-refractivity contribution >= 4 is 86.2 Å². The Morgan fingerprint density at radius 2 is 0.627 bits per heavy atom. The van der Waals surface area contributed by atoms with Gasteiger partial charge in [0.1, 0.15) is 10.0 Å². The number of aromatic nitrogens is 2. The fourth-order valence-corrected chi connectivity index (χ4v) is 15.7. The van der Waals surface area contributed by atoms with E-state index in [2.05, 4.69) is 291 Å². The van der Waals surface area contributed by atoms with Crippen LogP contribution in [-0.4, -0.2) is 9.97 Å². The van der Waals surface area contributed by atoms with Gasteiger partial charge in [0.2, 0.25) is 0 Å². The number of thiazole rings is 2. The predicted octanol–water partition coefficient (Wildman–Crippen LogP) is 21.9. The molecule has 0 atom stereocenters. The van der Waals surface area contributed by atoms with Gasteiger partial charge in [0.05, 0.1) is 25.8 Å². The Kier molecular flexibility index (Phi) is 10.9. The zero-order valence-corrected chi connectivity index (χ0v) is 46.6. The van der Waals surface area contributed by atoms with Crippen molar-refractivity contribution in [1.82, 2.24) is 9.97 Å². The Balaban J connectivity index is 0.858. The summed E-state index contributed by atoms with van der Waals surface area (Å²) in [5.41, 5.74) is 20.8. The van der Waals surface area contributed by atoms with Crippen LogP contribution < -0.4 is 0 Å². The number of fused-ring (bicyclic) bond motifs is 13. The van der Waals surface area contributed by atoms with Gasteiger partial charge in [-0.15, -0.1) is 22.7 Å². The maximum atomic E-state index is 5.19. The van der Waals surface area contributed by atoms with E-state index in [1.54, 1.807) is 22.7 Å². The quantitative estimate of drug-likeness (QED) is 0.142. The molecule has 2 nitrogen and oxygen atoms in total. The molecule has 14 aromatic carbocycles. The molecule has 2 heterocycles. The molecular formula is C79H48N2S2. The van der Waals surface area contributed by atoms with Gasteiger partial charge < -0.3 is 0 Å². The molecule has 0 saturated heterocycles. The van der Waals surface area contributed by atoms with E-state index in [-0.39, 0.29) is 0 Å². The molecule has 0 radical (unpaired) electrons. The second kappa shape index (κ2) is 19.0. The van der Waals surface area contributed by atoms with Crippen LogP contribution in [0.4, 0.5) is 0 Å². The van der Waals surface area contributed by atoms with Gasteiger partial charge >= 0.3 is 0 Å². The van der Waals surface area contributed by atoms with Crippen LogP contribution in [0.1, 0.15) is 22.3 Å².